The zero-order chi connectivity index (χ0) is 12.7. The number of ether oxygens (including phenoxy) is 1. The molecule has 0 radical (unpaired) electrons. The maximum atomic E-state index is 9.92. The van der Waals surface area contributed by atoms with E-state index in [-0.39, 0.29) is 6.04 Å². The lowest BCUT2D eigenvalue weighted by Gasteiger charge is -2.04. The molecular weight excluding hydrogens is 192 g/mol. The van der Waals surface area contributed by atoms with Crippen molar-refractivity contribution < 1.29 is 9.53 Å². The van der Waals surface area contributed by atoms with Crippen LogP contribution in [-0.4, -0.2) is 33.1 Å². The molecule has 94 valence electrons. The molecule has 0 spiro atoms. The molecule has 0 aliphatic heterocycles. The summed E-state index contributed by atoms with van der Waals surface area (Å²) in [5.41, 5.74) is 10.3. The summed E-state index contributed by atoms with van der Waals surface area (Å²) in [6.07, 6.45) is 2.68. The molecule has 0 bridgehead atoms. The van der Waals surface area contributed by atoms with Crippen LogP contribution >= 0.6 is 0 Å². The third-order valence-corrected chi connectivity index (χ3v) is 1.21. The molecule has 0 heterocycles. The van der Waals surface area contributed by atoms with Crippen LogP contribution in [0, 0.1) is 5.92 Å². The van der Waals surface area contributed by atoms with E-state index in [9.17, 15) is 4.79 Å². The second kappa shape index (κ2) is 19.2. The molecule has 0 aliphatic carbocycles. The van der Waals surface area contributed by atoms with Crippen molar-refractivity contribution in [3.05, 3.63) is 0 Å². The summed E-state index contributed by atoms with van der Waals surface area (Å²) in [6, 6.07) is -0.255. The Balaban J connectivity index is -0.000000173. The highest BCUT2D eigenvalue weighted by atomic mass is 16.4. The van der Waals surface area contributed by atoms with E-state index in [1.54, 1.807) is 14.2 Å². The summed E-state index contributed by atoms with van der Waals surface area (Å²) in [6.45, 7) is 6.96. The number of hydrogen-bond acceptors (Lipinski definition) is 4. The minimum atomic E-state index is -0.255. The van der Waals surface area contributed by atoms with Crippen LogP contribution in [0.3, 0.4) is 0 Å². The maximum absolute atomic E-state index is 9.92. The first-order chi connectivity index (χ1) is 6.99. The number of carbonyl (C=O) groups excluding carboxylic acids is 1. The van der Waals surface area contributed by atoms with Crippen molar-refractivity contribution in [2.24, 2.45) is 17.4 Å². The first kappa shape index (κ1) is 20.0. The maximum Gasteiger partial charge on any atom is 0.136 e. The molecule has 0 aromatic carbocycles. The van der Waals surface area contributed by atoms with Crippen molar-refractivity contribution in [2.75, 3.05) is 20.8 Å². The summed E-state index contributed by atoms with van der Waals surface area (Å²) < 4.78 is 4.25. The van der Waals surface area contributed by atoms with Gasteiger partial charge in [-0.25, -0.2) is 0 Å². The molecule has 1 unspecified atom stereocenters. The van der Waals surface area contributed by atoms with Gasteiger partial charge in [0.15, 0.2) is 0 Å². The van der Waals surface area contributed by atoms with Crippen molar-refractivity contribution in [3.63, 3.8) is 0 Å². The Hall–Kier alpha value is -0.450. The Morgan fingerprint density at radius 2 is 1.67 bits per heavy atom. The zero-order valence-corrected chi connectivity index (χ0v) is 10.8. The van der Waals surface area contributed by atoms with E-state index in [1.807, 2.05) is 13.8 Å². The molecule has 0 amide bonds. The lowest BCUT2D eigenvalue weighted by molar-refractivity contribution is -0.109. The number of rotatable bonds is 4. The molecule has 0 rings (SSSR count). The first-order valence-corrected chi connectivity index (χ1v) is 5.31. The normalized spacial score (nSPS) is 10.7. The fraction of sp³-hybridized carbons (Fsp3) is 0.909. The summed E-state index contributed by atoms with van der Waals surface area (Å²) in [5, 5.41) is 0. The van der Waals surface area contributed by atoms with Gasteiger partial charge in [-0.05, 0) is 25.3 Å². The van der Waals surface area contributed by atoms with Crippen molar-refractivity contribution in [2.45, 2.75) is 39.7 Å². The molecule has 0 saturated carbocycles. The van der Waals surface area contributed by atoms with E-state index < -0.39 is 0 Å². The molecule has 0 aromatic rings. The van der Waals surface area contributed by atoms with Crippen molar-refractivity contribution >= 4 is 6.29 Å². The van der Waals surface area contributed by atoms with E-state index in [4.69, 9.17) is 11.5 Å². The van der Waals surface area contributed by atoms with Gasteiger partial charge in [0.05, 0.1) is 6.04 Å². The molecular formula is C11H28N2O2. The van der Waals surface area contributed by atoms with E-state index in [0.717, 1.165) is 25.7 Å². The highest BCUT2D eigenvalue weighted by Crippen LogP contribution is 1.99. The third kappa shape index (κ3) is 42.1. The monoisotopic (exact) mass is 220 g/mol. The minimum absolute atomic E-state index is 0.255. The van der Waals surface area contributed by atoms with Gasteiger partial charge < -0.3 is 21.0 Å². The third-order valence-electron chi connectivity index (χ3n) is 1.21. The van der Waals surface area contributed by atoms with Crippen molar-refractivity contribution in [1.82, 2.24) is 0 Å². The van der Waals surface area contributed by atoms with Crippen LogP contribution in [0.1, 0.15) is 33.6 Å². The Morgan fingerprint density at radius 1 is 1.33 bits per heavy atom. The molecule has 0 saturated heterocycles. The van der Waals surface area contributed by atoms with Crippen molar-refractivity contribution in [1.29, 1.82) is 0 Å². The minimum Gasteiger partial charge on any atom is -0.388 e. The van der Waals surface area contributed by atoms with Gasteiger partial charge in [0.25, 0.3) is 0 Å². The number of hydrogen-bond donors (Lipinski definition) is 2. The lowest BCUT2D eigenvalue weighted by atomic mass is 10.1. The van der Waals surface area contributed by atoms with Gasteiger partial charge in [-0.3, -0.25) is 0 Å². The Kier molecular flexibility index (Phi) is 25.6. The standard InChI is InChI=1S/C6H13NO.C3H9N.C2H6O/c1-5(2)3-6(7)4-8;1-2-3-4;1-3-2/h4-6H,3,7H2,1-2H3;2-4H2,1H3;1-2H3. The van der Waals surface area contributed by atoms with Crippen LogP contribution in [-0.2, 0) is 9.53 Å². The lowest BCUT2D eigenvalue weighted by Crippen LogP contribution is -2.23. The van der Waals surface area contributed by atoms with E-state index in [2.05, 4.69) is 11.7 Å². The molecule has 0 fully saturated rings. The van der Waals surface area contributed by atoms with E-state index in [1.165, 1.54) is 0 Å². The van der Waals surface area contributed by atoms with Gasteiger partial charge in [-0.2, -0.15) is 0 Å². The molecule has 4 nitrogen and oxygen atoms in total. The van der Waals surface area contributed by atoms with Crippen LogP contribution in [0.25, 0.3) is 0 Å². The highest BCUT2D eigenvalue weighted by Gasteiger charge is 2.01. The second-order valence-corrected chi connectivity index (χ2v) is 3.63. The Labute approximate surface area is 94.4 Å². The van der Waals surface area contributed by atoms with Gasteiger partial charge in [0.1, 0.15) is 6.29 Å². The molecule has 4 heteroatoms. The molecule has 15 heavy (non-hydrogen) atoms. The zero-order valence-electron chi connectivity index (χ0n) is 10.8. The summed E-state index contributed by atoms with van der Waals surface area (Å²) in [5.74, 6) is 0.523. The Bertz CT molecular complexity index is 107. The summed E-state index contributed by atoms with van der Waals surface area (Å²) in [4.78, 5) is 9.92. The van der Waals surface area contributed by atoms with E-state index >= 15 is 0 Å². The average Bonchev–Trinajstić information content (AvgIpc) is 2.18. The van der Waals surface area contributed by atoms with Crippen LogP contribution < -0.4 is 11.5 Å². The number of carbonyl (C=O) groups is 1. The average molecular weight is 220 g/mol. The number of methoxy groups -OCH3 is 1. The van der Waals surface area contributed by atoms with Crippen molar-refractivity contribution in [3.8, 4) is 0 Å². The smallest absolute Gasteiger partial charge is 0.136 e. The SMILES string of the molecule is CC(C)CC(N)C=O.CCCN.COC. The van der Waals surface area contributed by atoms with Crippen LogP contribution in [0.2, 0.25) is 0 Å². The van der Waals surface area contributed by atoms with Gasteiger partial charge in [-0.1, -0.05) is 20.8 Å². The number of aldehydes is 1. The molecule has 1 atom stereocenters. The van der Waals surface area contributed by atoms with Gasteiger partial charge in [0, 0.05) is 14.2 Å². The predicted molar refractivity (Wildman–Crippen MR) is 65.8 cm³/mol. The molecule has 4 N–H and O–H groups in total. The number of nitrogens with two attached hydrogens (primary N) is 2. The second-order valence-electron chi connectivity index (χ2n) is 3.63. The highest BCUT2D eigenvalue weighted by molar-refractivity contribution is 5.56. The fourth-order valence-electron chi connectivity index (χ4n) is 0.600. The quantitative estimate of drug-likeness (QED) is 0.697. The molecule has 0 aromatic heterocycles. The molecule has 0 aliphatic rings. The summed E-state index contributed by atoms with van der Waals surface area (Å²) in [7, 11) is 3.25. The fourth-order valence-corrected chi connectivity index (χ4v) is 0.600. The van der Waals surface area contributed by atoms with Crippen LogP contribution in [0.5, 0.6) is 0 Å². The topological polar surface area (TPSA) is 78.3 Å². The van der Waals surface area contributed by atoms with Crippen LogP contribution in [0.15, 0.2) is 0 Å². The van der Waals surface area contributed by atoms with Gasteiger partial charge in [-0.15, -0.1) is 0 Å². The first-order valence-electron chi connectivity index (χ1n) is 5.31. The van der Waals surface area contributed by atoms with E-state index in [0.29, 0.717) is 5.92 Å². The Morgan fingerprint density at radius 3 is 1.73 bits per heavy atom. The van der Waals surface area contributed by atoms with Crippen LogP contribution in [0.4, 0.5) is 0 Å². The van der Waals surface area contributed by atoms with Gasteiger partial charge >= 0.3 is 0 Å². The summed E-state index contributed by atoms with van der Waals surface area (Å²) >= 11 is 0. The largest absolute Gasteiger partial charge is 0.388 e. The van der Waals surface area contributed by atoms with Gasteiger partial charge in [0.2, 0.25) is 0 Å². The predicted octanol–water partition coefficient (Wildman–Crippen LogP) is 1.18.